The summed E-state index contributed by atoms with van der Waals surface area (Å²) in [4.78, 5) is 43.5. The van der Waals surface area contributed by atoms with E-state index in [1.165, 1.54) is 13.8 Å². The van der Waals surface area contributed by atoms with Gasteiger partial charge in [0.2, 0.25) is 0 Å². The number of esters is 4. The van der Waals surface area contributed by atoms with Crippen LogP contribution in [0.2, 0.25) is 0 Å². The third-order valence-electron chi connectivity index (χ3n) is 1.74. The second kappa shape index (κ2) is 9.54. The molecule has 0 saturated carbocycles. The summed E-state index contributed by atoms with van der Waals surface area (Å²) in [5, 5.41) is 0. The molecule has 20 heavy (non-hydrogen) atoms. The van der Waals surface area contributed by atoms with Gasteiger partial charge in [-0.05, 0) is 0 Å². The van der Waals surface area contributed by atoms with Crippen LogP contribution in [0.3, 0.4) is 0 Å². The van der Waals surface area contributed by atoms with Crippen LogP contribution in [-0.4, -0.2) is 50.3 Å². The standard InChI is InChI=1S/C12H16O8/c1-8(11(15)19-6-4-17-9(2)13)12(16)20-7-5-18-10(3)14/h1,4-7H2,2-3H3. The summed E-state index contributed by atoms with van der Waals surface area (Å²) in [6.45, 7) is 5.01. The van der Waals surface area contributed by atoms with E-state index in [0.29, 0.717) is 0 Å². The number of hydrogen-bond donors (Lipinski definition) is 0. The highest BCUT2D eigenvalue weighted by Crippen LogP contribution is 1.99. The van der Waals surface area contributed by atoms with Gasteiger partial charge >= 0.3 is 23.9 Å². The predicted octanol–water partition coefficient (Wildman–Crippen LogP) is -0.245. The lowest BCUT2D eigenvalue weighted by atomic mass is 10.3. The predicted molar refractivity (Wildman–Crippen MR) is 64.3 cm³/mol. The van der Waals surface area contributed by atoms with Gasteiger partial charge in [0.15, 0.2) is 0 Å². The van der Waals surface area contributed by atoms with Crippen molar-refractivity contribution in [3.8, 4) is 0 Å². The van der Waals surface area contributed by atoms with Crippen molar-refractivity contribution in [3.63, 3.8) is 0 Å². The Morgan fingerprint density at radius 2 is 1.00 bits per heavy atom. The molecule has 0 aromatic heterocycles. The second-order valence-electron chi connectivity index (χ2n) is 3.43. The molecule has 112 valence electrons. The number of hydrogen-bond acceptors (Lipinski definition) is 8. The van der Waals surface area contributed by atoms with E-state index in [1.807, 2.05) is 0 Å². The number of rotatable bonds is 8. The highest BCUT2D eigenvalue weighted by molar-refractivity contribution is 6.13. The van der Waals surface area contributed by atoms with Crippen molar-refractivity contribution in [2.75, 3.05) is 26.4 Å². The minimum atomic E-state index is -0.977. The molecule has 0 aliphatic rings. The molecule has 0 aromatic carbocycles. The number of ether oxygens (including phenoxy) is 4. The Morgan fingerprint density at radius 1 is 0.700 bits per heavy atom. The molecule has 0 aliphatic heterocycles. The van der Waals surface area contributed by atoms with Gasteiger partial charge in [-0.15, -0.1) is 0 Å². The van der Waals surface area contributed by atoms with E-state index in [-0.39, 0.29) is 26.4 Å². The molecule has 0 saturated heterocycles. The van der Waals surface area contributed by atoms with Crippen molar-refractivity contribution in [1.82, 2.24) is 0 Å². The first-order chi connectivity index (χ1) is 9.34. The Morgan fingerprint density at radius 3 is 1.30 bits per heavy atom. The average Bonchev–Trinajstić information content (AvgIpc) is 2.37. The van der Waals surface area contributed by atoms with E-state index in [1.54, 1.807) is 0 Å². The fraction of sp³-hybridized carbons (Fsp3) is 0.500. The van der Waals surface area contributed by atoms with Crippen molar-refractivity contribution >= 4 is 23.9 Å². The zero-order valence-electron chi connectivity index (χ0n) is 11.3. The molecule has 0 fully saturated rings. The summed E-state index contributed by atoms with van der Waals surface area (Å²) in [6.07, 6.45) is 0. The topological polar surface area (TPSA) is 105 Å². The third kappa shape index (κ3) is 8.67. The quantitative estimate of drug-likeness (QED) is 0.150. The average molecular weight is 288 g/mol. The van der Waals surface area contributed by atoms with Gasteiger partial charge in [0.1, 0.15) is 32.0 Å². The van der Waals surface area contributed by atoms with Crippen LogP contribution in [0.25, 0.3) is 0 Å². The van der Waals surface area contributed by atoms with Crippen molar-refractivity contribution in [1.29, 1.82) is 0 Å². The molecule has 0 spiro atoms. The first kappa shape index (κ1) is 17.6. The molecule has 8 heteroatoms. The Hall–Kier alpha value is -2.38. The summed E-state index contributed by atoms with van der Waals surface area (Å²) in [7, 11) is 0. The Balaban J connectivity index is 3.86. The molecule has 0 rings (SSSR count). The van der Waals surface area contributed by atoms with E-state index >= 15 is 0 Å². The minimum absolute atomic E-state index is 0.115. The lowest BCUT2D eigenvalue weighted by Crippen LogP contribution is -2.21. The molecule has 0 bridgehead atoms. The fourth-order valence-electron chi connectivity index (χ4n) is 0.897. The van der Waals surface area contributed by atoms with E-state index in [2.05, 4.69) is 25.5 Å². The van der Waals surface area contributed by atoms with Crippen LogP contribution in [0, 0.1) is 0 Å². The molecule has 0 aliphatic carbocycles. The van der Waals surface area contributed by atoms with Gasteiger partial charge in [-0.25, -0.2) is 9.59 Å². The lowest BCUT2D eigenvalue weighted by molar-refractivity contribution is -0.153. The van der Waals surface area contributed by atoms with Crippen molar-refractivity contribution in [3.05, 3.63) is 12.2 Å². The van der Waals surface area contributed by atoms with Gasteiger partial charge in [-0.1, -0.05) is 6.58 Å². The Labute approximate surface area is 115 Å². The SMILES string of the molecule is C=C(C(=O)OCCOC(C)=O)C(=O)OCCOC(C)=O. The largest absolute Gasteiger partial charge is 0.462 e. The molecular weight excluding hydrogens is 272 g/mol. The summed E-state index contributed by atoms with van der Waals surface area (Å²) in [6, 6.07) is 0. The fourth-order valence-corrected chi connectivity index (χ4v) is 0.897. The maximum absolute atomic E-state index is 11.3. The van der Waals surface area contributed by atoms with Crippen LogP contribution in [0.15, 0.2) is 12.2 Å². The minimum Gasteiger partial charge on any atom is -0.462 e. The van der Waals surface area contributed by atoms with E-state index in [9.17, 15) is 19.2 Å². The van der Waals surface area contributed by atoms with Gasteiger partial charge in [0.05, 0.1) is 0 Å². The highest BCUT2D eigenvalue weighted by Gasteiger charge is 2.18. The molecular formula is C12H16O8. The van der Waals surface area contributed by atoms with E-state index < -0.39 is 29.5 Å². The van der Waals surface area contributed by atoms with Crippen molar-refractivity contribution < 1.29 is 38.1 Å². The molecule has 0 amide bonds. The summed E-state index contributed by atoms with van der Waals surface area (Å²) >= 11 is 0. The molecule has 0 radical (unpaired) electrons. The number of carbonyl (C=O) groups excluding carboxylic acids is 4. The van der Waals surface area contributed by atoms with Crippen LogP contribution in [0.5, 0.6) is 0 Å². The second-order valence-corrected chi connectivity index (χ2v) is 3.43. The normalized spacial score (nSPS) is 9.30. The van der Waals surface area contributed by atoms with E-state index in [0.717, 1.165) is 0 Å². The Bertz CT molecular complexity index is 362. The molecule has 0 N–H and O–H groups in total. The van der Waals surface area contributed by atoms with Gasteiger partial charge in [0, 0.05) is 13.8 Å². The van der Waals surface area contributed by atoms with Gasteiger partial charge in [-0.2, -0.15) is 0 Å². The summed E-state index contributed by atoms with van der Waals surface area (Å²) in [5.74, 6) is -2.97. The monoisotopic (exact) mass is 288 g/mol. The third-order valence-corrected chi connectivity index (χ3v) is 1.74. The first-order valence-corrected chi connectivity index (χ1v) is 5.64. The van der Waals surface area contributed by atoms with Gasteiger partial charge in [0.25, 0.3) is 0 Å². The van der Waals surface area contributed by atoms with Crippen LogP contribution >= 0.6 is 0 Å². The first-order valence-electron chi connectivity index (χ1n) is 5.64. The smallest absolute Gasteiger partial charge is 0.345 e. The van der Waals surface area contributed by atoms with Crippen LogP contribution < -0.4 is 0 Å². The zero-order valence-corrected chi connectivity index (χ0v) is 11.3. The lowest BCUT2D eigenvalue weighted by Gasteiger charge is -2.07. The molecule has 0 aromatic rings. The highest BCUT2D eigenvalue weighted by atomic mass is 16.6. The maximum Gasteiger partial charge on any atom is 0.345 e. The van der Waals surface area contributed by atoms with Gasteiger partial charge in [-0.3, -0.25) is 9.59 Å². The number of carbonyl (C=O) groups is 4. The zero-order chi connectivity index (χ0) is 15.5. The summed E-state index contributed by atoms with van der Waals surface area (Å²) in [5.41, 5.74) is -0.504. The Kier molecular flexibility index (Phi) is 8.40. The van der Waals surface area contributed by atoms with Crippen molar-refractivity contribution in [2.24, 2.45) is 0 Å². The summed E-state index contributed by atoms with van der Waals surface area (Å²) < 4.78 is 18.3. The molecule has 8 nitrogen and oxygen atoms in total. The van der Waals surface area contributed by atoms with Crippen LogP contribution in [0.1, 0.15) is 13.8 Å². The molecule has 0 heterocycles. The van der Waals surface area contributed by atoms with E-state index in [4.69, 9.17) is 0 Å². The van der Waals surface area contributed by atoms with Crippen molar-refractivity contribution in [2.45, 2.75) is 13.8 Å². The molecule has 0 unspecified atom stereocenters. The van der Waals surface area contributed by atoms with Crippen LogP contribution in [0.4, 0.5) is 0 Å². The van der Waals surface area contributed by atoms with Gasteiger partial charge < -0.3 is 18.9 Å². The maximum atomic E-state index is 11.3. The van der Waals surface area contributed by atoms with Crippen LogP contribution in [-0.2, 0) is 38.1 Å². The molecule has 0 atom stereocenters.